The van der Waals surface area contributed by atoms with E-state index in [2.05, 4.69) is 76.4 Å². The van der Waals surface area contributed by atoms with Crippen molar-refractivity contribution in [2.45, 2.75) is 50.4 Å². The molecule has 4 nitrogen and oxygen atoms in total. The molecule has 1 amide bonds. The molecule has 172 valence electrons. The van der Waals surface area contributed by atoms with Gasteiger partial charge in [-0.1, -0.05) is 78.9 Å². The van der Waals surface area contributed by atoms with E-state index in [9.17, 15) is 4.79 Å². The van der Waals surface area contributed by atoms with Crippen LogP contribution in [0.15, 0.2) is 84.9 Å². The van der Waals surface area contributed by atoms with E-state index in [1.807, 2.05) is 30.3 Å². The summed E-state index contributed by atoms with van der Waals surface area (Å²) in [5, 5.41) is 4.48. The van der Waals surface area contributed by atoms with Crippen molar-refractivity contribution >= 4 is 16.8 Å². The molecule has 3 aromatic carbocycles. The van der Waals surface area contributed by atoms with Gasteiger partial charge in [-0.3, -0.25) is 9.69 Å². The van der Waals surface area contributed by atoms with Crippen LogP contribution in [-0.2, 0) is 13.6 Å². The van der Waals surface area contributed by atoms with Gasteiger partial charge in [0.15, 0.2) is 0 Å². The fourth-order valence-electron chi connectivity index (χ4n) is 6.26. The molecule has 34 heavy (non-hydrogen) atoms. The first-order valence-corrected chi connectivity index (χ1v) is 12.4. The smallest absolute Gasteiger partial charge is 0.254 e. The van der Waals surface area contributed by atoms with Gasteiger partial charge in [0.05, 0.1) is 11.3 Å². The summed E-state index contributed by atoms with van der Waals surface area (Å²) in [7, 11) is 2.06. The van der Waals surface area contributed by atoms with Gasteiger partial charge >= 0.3 is 0 Å². The number of carbonyl (C=O) groups is 1. The largest absolute Gasteiger partial charge is 0.349 e. The van der Waals surface area contributed by atoms with Crippen LogP contribution in [0.2, 0.25) is 0 Å². The second-order valence-electron chi connectivity index (χ2n) is 9.85. The molecule has 2 aliphatic heterocycles. The molecule has 3 atom stereocenters. The average molecular weight is 450 g/mol. The number of rotatable bonds is 5. The highest BCUT2D eigenvalue weighted by Gasteiger charge is 2.41. The number of aromatic nitrogens is 1. The second-order valence-corrected chi connectivity index (χ2v) is 9.85. The zero-order valence-corrected chi connectivity index (χ0v) is 19.7. The van der Waals surface area contributed by atoms with Crippen molar-refractivity contribution in [2.24, 2.45) is 7.05 Å². The Bertz CT molecular complexity index is 1300. The number of amides is 1. The summed E-state index contributed by atoms with van der Waals surface area (Å²) in [6.45, 7) is 1.01. The fourth-order valence-corrected chi connectivity index (χ4v) is 6.26. The third-order valence-electron chi connectivity index (χ3n) is 7.81. The van der Waals surface area contributed by atoms with Gasteiger partial charge in [0.25, 0.3) is 5.91 Å². The Morgan fingerprint density at radius 2 is 1.47 bits per heavy atom. The van der Waals surface area contributed by atoms with E-state index in [1.54, 1.807) is 0 Å². The third-order valence-corrected chi connectivity index (χ3v) is 7.81. The molecular weight excluding hydrogens is 418 g/mol. The molecule has 4 heteroatoms. The molecule has 4 aromatic rings. The molecule has 0 saturated carbocycles. The van der Waals surface area contributed by atoms with Gasteiger partial charge in [-0.15, -0.1) is 0 Å². The van der Waals surface area contributed by atoms with Crippen molar-refractivity contribution in [3.63, 3.8) is 0 Å². The minimum atomic E-state index is 0.0524. The predicted octanol–water partition coefficient (Wildman–Crippen LogP) is 5.77. The molecule has 1 aromatic heterocycles. The number of carbonyl (C=O) groups excluding carboxylic acids is 1. The highest BCUT2D eigenvalue weighted by atomic mass is 16.1. The Morgan fingerprint density at radius 1 is 0.853 bits per heavy atom. The van der Waals surface area contributed by atoms with Crippen molar-refractivity contribution < 1.29 is 4.79 Å². The van der Waals surface area contributed by atoms with E-state index in [1.165, 1.54) is 18.4 Å². The number of nitrogens with one attached hydrogen (secondary N) is 1. The Balaban J connectivity index is 1.26. The Morgan fingerprint density at radius 3 is 2.18 bits per heavy atom. The molecule has 2 aliphatic rings. The molecule has 1 unspecified atom stereocenters. The van der Waals surface area contributed by atoms with Crippen LogP contribution in [0.1, 0.15) is 41.6 Å². The standard InChI is InChI=1S/C30H31N3O/c1-32-27-15-9-8-14-26(27)28(29(32)22-12-6-3-7-13-22)30(34)31-23-18-24-16-17-25(19-23)33(24)20-21-10-4-2-5-11-21/h2-15,23-25H,16-20H2,1H3,(H,31,34)/t23?,24-,25+. The van der Waals surface area contributed by atoms with Crippen molar-refractivity contribution in [3.8, 4) is 11.3 Å². The summed E-state index contributed by atoms with van der Waals surface area (Å²) in [6.07, 6.45) is 4.52. The van der Waals surface area contributed by atoms with Gasteiger partial charge in [0.1, 0.15) is 0 Å². The minimum absolute atomic E-state index is 0.0524. The van der Waals surface area contributed by atoms with E-state index in [0.29, 0.717) is 12.1 Å². The van der Waals surface area contributed by atoms with Gasteiger partial charge in [-0.25, -0.2) is 0 Å². The van der Waals surface area contributed by atoms with Crippen LogP contribution in [0, 0.1) is 0 Å². The summed E-state index contributed by atoms with van der Waals surface area (Å²) in [5.74, 6) is 0.0524. The first-order valence-electron chi connectivity index (χ1n) is 12.4. The number of aryl methyl sites for hydroxylation is 1. The zero-order valence-electron chi connectivity index (χ0n) is 19.7. The molecule has 6 rings (SSSR count). The van der Waals surface area contributed by atoms with Gasteiger partial charge in [-0.2, -0.15) is 0 Å². The minimum Gasteiger partial charge on any atom is -0.349 e. The fraction of sp³-hybridized carbons (Fsp3) is 0.300. The molecule has 0 aliphatic carbocycles. The molecule has 2 saturated heterocycles. The highest BCUT2D eigenvalue weighted by molar-refractivity contribution is 6.12. The van der Waals surface area contributed by atoms with Gasteiger partial charge < -0.3 is 9.88 Å². The number of hydrogen-bond donors (Lipinski definition) is 1. The first kappa shape index (κ1) is 21.2. The van der Waals surface area contributed by atoms with Crippen LogP contribution in [0.25, 0.3) is 22.2 Å². The Kier molecular flexibility index (Phi) is 5.46. The summed E-state index contributed by atoms with van der Waals surface area (Å²) >= 11 is 0. The quantitative estimate of drug-likeness (QED) is 0.420. The number of nitrogens with zero attached hydrogens (tertiary/aromatic N) is 2. The topological polar surface area (TPSA) is 37.3 Å². The van der Waals surface area contributed by atoms with Crippen LogP contribution >= 0.6 is 0 Å². The number of hydrogen-bond acceptors (Lipinski definition) is 2. The molecule has 3 heterocycles. The lowest BCUT2D eigenvalue weighted by atomic mass is 9.95. The van der Waals surface area contributed by atoms with E-state index in [-0.39, 0.29) is 11.9 Å². The molecule has 0 spiro atoms. The normalized spacial score (nSPS) is 22.2. The molecule has 2 fully saturated rings. The van der Waals surface area contributed by atoms with Crippen molar-refractivity contribution in [1.29, 1.82) is 0 Å². The second kappa shape index (κ2) is 8.77. The average Bonchev–Trinajstić information content (AvgIpc) is 3.29. The van der Waals surface area contributed by atoms with E-state index in [4.69, 9.17) is 0 Å². The number of piperidine rings is 1. The monoisotopic (exact) mass is 449 g/mol. The summed E-state index contributed by atoms with van der Waals surface area (Å²) < 4.78 is 2.16. The van der Waals surface area contributed by atoms with Crippen LogP contribution in [-0.4, -0.2) is 33.5 Å². The maximum absolute atomic E-state index is 13.8. The maximum Gasteiger partial charge on any atom is 0.254 e. The number of benzene rings is 3. The SMILES string of the molecule is Cn1c(-c2ccccc2)c(C(=O)NC2C[C@H]3CC[C@@H](C2)N3Cc2ccccc2)c2ccccc21. The van der Waals surface area contributed by atoms with E-state index >= 15 is 0 Å². The van der Waals surface area contributed by atoms with E-state index < -0.39 is 0 Å². The first-order chi connectivity index (χ1) is 16.7. The van der Waals surface area contributed by atoms with Gasteiger partial charge in [-0.05, 0) is 42.9 Å². The predicted molar refractivity (Wildman–Crippen MR) is 138 cm³/mol. The third kappa shape index (κ3) is 3.72. The summed E-state index contributed by atoms with van der Waals surface area (Å²) in [4.78, 5) is 16.5. The molecule has 1 N–H and O–H groups in total. The van der Waals surface area contributed by atoms with Crippen LogP contribution in [0.3, 0.4) is 0 Å². The lowest BCUT2D eigenvalue weighted by Crippen LogP contribution is -2.50. The lowest BCUT2D eigenvalue weighted by molar-refractivity contribution is 0.0829. The van der Waals surface area contributed by atoms with Crippen LogP contribution in [0.4, 0.5) is 0 Å². The zero-order chi connectivity index (χ0) is 23.1. The number of para-hydroxylation sites is 1. The molecular formula is C30H31N3O. The molecule has 0 radical (unpaired) electrons. The van der Waals surface area contributed by atoms with Crippen molar-refractivity contribution in [1.82, 2.24) is 14.8 Å². The van der Waals surface area contributed by atoms with Gasteiger partial charge in [0, 0.05) is 42.6 Å². The molecule has 2 bridgehead atoms. The highest BCUT2D eigenvalue weighted by Crippen LogP contribution is 2.38. The van der Waals surface area contributed by atoms with Crippen molar-refractivity contribution in [2.75, 3.05) is 0 Å². The van der Waals surface area contributed by atoms with Crippen LogP contribution in [0.5, 0.6) is 0 Å². The Labute approximate surface area is 201 Å². The van der Waals surface area contributed by atoms with Crippen LogP contribution < -0.4 is 5.32 Å². The number of fused-ring (bicyclic) bond motifs is 3. The summed E-state index contributed by atoms with van der Waals surface area (Å²) in [5.41, 5.74) is 5.32. The van der Waals surface area contributed by atoms with Gasteiger partial charge in [0.2, 0.25) is 0 Å². The lowest BCUT2D eigenvalue weighted by Gasteiger charge is -2.39. The maximum atomic E-state index is 13.8. The summed E-state index contributed by atoms with van der Waals surface area (Å²) in [6, 6.07) is 30.6. The Hall–Kier alpha value is -3.37. The van der Waals surface area contributed by atoms with E-state index in [0.717, 1.165) is 47.1 Å². The van der Waals surface area contributed by atoms with Crippen molar-refractivity contribution in [3.05, 3.63) is 96.1 Å².